The standard InChI is InChI=1S/C21H23N/c1-22(2)21(19-10-4-3-5-11-19)16-15-18-13-8-12-17-9-6-7-14-20(17)18/h3-14,21H,15-16H2,1-2H3. The molecular weight excluding hydrogens is 266 g/mol. The first-order valence-electron chi connectivity index (χ1n) is 7.94. The van der Waals surface area contributed by atoms with Gasteiger partial charge in [-0.15, -0.1) is 0 Å². The van der Waals surface area contributed by atoms with Crippen LogP contribution in [0.15, 0.2) is 72.8 Å². The predicted octanol–water partition coefficient (Wildman–Crippen LogP) is 5.08. The van der Waals surface area contributed by atoms with Crippen molar-refractivity contribution in [2.24, 2.45) is 0 Å². The van der Waals surface area contributed by atoms with Gasteiger partial charge in [-0.1, -0.05) is 72.8 Å². The number of rotatable bonds is 5. The third-order valence-electron chi connectivity index (χ3n) is 4.37. The van der Waals surface area contributed by atoms with Crippen molar-refractivity contribution in [2.75, 3.05) is 14.1 Å². The van der Waals surface area contributed by atoms with Crippen LogP contribution in [0.5, 0.6) is 0 Å². The van der Waals surface area contributed by atoms with Crippen LogP contribution >= 0.6 is 0 Å². The van der Waals surface area contributed by atoms with E-state index in [1.807, 2.05) is 0 Å². The molecule has 0 spiro atoms. The van der Waals surface area contributed by atoms with Gasteiger partial charge in [-0.2, -0.15) is 0 Å². The van der Waals surface area contributed by atoms with Gasteiger partial charge in [-0.3, -0.25) is 0 Å². The second-order valence-corrected chi connectivity index (χ2v) is 6.07. The summed E-state index contributed by atoms with van der Waals surface area (Å²) in [5, 5.41) is 2.72. The van der Waals surface area contributed by atoms with Gasteiger partial charge in [0.15, 0.2) is 0 Å². The van der Waals surface area contributed by atoms with E-state index in [-0.39, 0.29) is 0 Å². The molecule has 3 rings (SSSR count). The van der Waals surface area contributed by atoms with Crippen LogP contribution in [-0.2, 0) is 6.42 Å². The molecule has 0 fully saturated rings. The fourth-order valence-electron chi connectivity index (χ4n) is 3.20. The zero-order valence-corrected chi connectivity index (χ0v) is 13.4. The average molecular weight is 289 g/mol. The minimum atomic E-state index is 0.458. The maximum absolute atomic E-state index is 2.32. The van der Waals surface area contributed by atoms with Crippen LogP contribution in [0.2, 0.25) is 0 Å². The van der Waals surface area contributed by atoms with Crippen molar-refractivity contribution < 1.29 is 0 Å². The molecule has 0 amide bonds. The van der Waals surface area contributed by atoms with E-state index in [2.05, 4.69) is 91.8 Å². The number of hydrogen-bond donors (Lipinski definition) is 0. The van der Waals surface area contributed by atoms with Gasteiger partial charge in [-0.25, -0.2) is 0 Å². The molecule has 112 valence electrons. The van der Waals surface area contributed by atoms with Gasteiger partial charge in [0.05, 0.1) is 0 Å². The molecule has 3 aromatic rings. The molecule has 1 atom stereocenters. The molecule has 0 N–H and O–H groups in total. The second-order valence-electron chi connectivity index (χ2n) is 6.07. The van der Waals surface area contributed by atoms with E-state index >= 15 is 0 Å². The van der Waals surface area contributed by atoms with Crippen molar-refractivity contribution in [3.63, 3.8) is 0 Å². The van der Waals surface area contributed by atoms with Crippen molar-refractivity contribution in [2.45, 2.75) is 18.9 Å². The highest BCUT2D eigenvalue weighted by atomic mass is 15.1. The van der Waals surface area contributed by atoms with Gasteiger partial charge in [0.2, 0.25) is 0 Å². The molecule has 0 bridgehead atoms. The molecule has 0 saturated heterocycles. The van der Waals surface area contributed by atoms with Crippen LogP contribution < -0.4 is 0 Å². The van der Waals surface area contributed by atoms with Crippen molar-refractivity contribution in [1.82, 2.24) is 4.90 Å². The largest absolute Gasteiger partial charge is 0.302 e. The Hall–Kier alpha value is -2.12. The van der Waals surface area contributed by atoms with Crippen molar-refractivity contribution in [3.05, 3.63) is 83.9 Å². The topological polar surface area (TPSA) is 3.24 Å². The number of benzene rings is 3. The van der Waals surface area contributed by atoms with E-state index in [9.17, 15) is 0 Å². The van der Waals surface area contributed by atoms with Gasteiger partial charge < -0.3 is 4.90 Å². The Bertz CT molecular complexity index is 726. The number of hydrogen-bond acceptors (Lipinski definition) is 1. The maximum atomic E-state index is 2.32. The van der Waals surface area contributed by atoms with Crippen LogP contribution in [0.25, 0.3) is 10.8 Å². The van der Waals surface area contributed by atoms with Crippen molar-refractivity contribution in [1.29, 1.82) is 0 Å². The minimum absolute atomic E-state index is 0.458. The molecule has 1 nitrogen and oxygen atoms in total. The Morgan fingerprint density at radius 1 is 0.773 bits per heavy atom. The van der Waals surface area contributed by atoms with Gasteiger partial charge in [0, 0.05) is 6.04 Å². The van der Waals surface area contributed by atoms with E-state index in [1.165, 1.54) is 21.9 Å². The quantitative estimate of drug-likeness (QED) is 0.633. The molecule has 0 saturated carbocycles. The number of nitrogens with zero attached hydrogens (tertiary/aromatic N) is 1. The first-order valence-corrected chi connectivity index (χ1v) is 7.94. The van der Waals surface area contributed by atoms with Crippen molar-refractivity contribution >= 4 is 10.8 Å². The summed E-state index contributed by atoms with van der Waals surface area (Å²) in [5.74, 6) is 0. The summed E-state index contributed by atoms with van der Waals surface area (Å²) in [6.07, 6.45) is 2.23. The summed E-state index contributed by atoms with van der Waals surface area (Å²) in [6.45, 7) is 0. The Balaban J connectivity index is 1.83. The lowest BCUT2D eigenvalue weighted by Gasteiger charge is -2.25. The third-order valence-corrected chi connectivity index (χ3v) is 4.37. The van der Waals surface area contributed by atoms with Gasteiger partial charge in [-0.05, 0) is 48.8 Å². The zero-order chi connectivity index (χ0) is 15.4. The molecule has 1 heteroatoms. The van der Waals surface area contributed by atoms with Crippen LogP contribution in [0, 0.1) is 0 Å². The third kappa shape index (κ3) is 3.20. The molecule has 0 heterocycles. The average Bonchev–Trinajstić information content (AvgIpc) is 2.56. The Labute approximate surface area is 133 Å². The fraction of sp³-hybridized carbons (Fsp3) is 0.238. The smallest absolute Gasteiger partial charge is 0.0345 e. The van der Waals surface area contributed by atoms with Crippen LogP contribution in [0.4, 0.5) is 0 Å². The van der Waals surface area contributed by atoms with Gasteiger partial charge in [0.25, 0.3) is 0 Å². The zero-order valence-electron chi connectivity index (χ0n) is 13.4. The molecule has 0 aliphatic heterocycles. The number of fused-ring (bicyclic) bond motifs is 1. The van der Waals surface area contributed by atoms with Crippen molar-refractivity contribution in [3.8, 4) is 0 Å². The Morgan fingerprint density at radius 2 is 1.45 bits per heavy atom. The Morgan fingerprint density at radius 3 is 2.23 bits per heavy atom. The summed E-state index contributed by atoms with van der Waals surface area (Å²) in [4.78, 5) is 2.32. The molecule has 0 aliphatic rings. The molecule has 1 unspecified atom stereocenters. The van der Waals surface area contributed by atoms with Crippen LogP contribution in [0.3, 0.4) is 0 Å². The lowest BCUT2D eigenvalue weighted by Crippen LogP contribution is -2.20. The normalized spacial score (nSPS) is 12.7. The maximum Gasteiger partial charge on any atom is 0.0345 e. The molecule has 0 radical (unpaired) electrons. The summed E-state index contributed by atoms with van der Waals surface area (Å²) in [6, 6.07) is 26.6. The first-order chi connectivity index (χ1) is 10.8. The number of aryl methyl sites for hydroxylation is 1. The molecule has 0 aliphatic carbocycles. The monoisotopic (exact) mass is 289 g/mol. The van der Waals surface area contributed by atoms with Gasteiger partial charge >= 0.3 is 0 Å². The molecule has 22 heavy (non-hydrogen) atoms. The van der Waals surface area contributed by atoms with Crippen LogP contribution in [-0.4, -0.2) is 19.0 Å². The van der Waals surface area contributed by atoms with E-state index in [1.54, 1.807) is 0 Å². The predicted molar refractivity (Wildman–Crippen MR) is 95.1 cm³/mol. The van der Waals surface area contributed by atoms with E-state index in [0.717, 1.165) is 12.8 Å². The van der Waals surface area contributed by atoms with E-state index in [0.29, 0.717) is 6.04 Å². The highest BCUT2D eigenvalue weighted by Gasteiger charge is 2.14. The molecule has 0 aromatic heterocycles. The summed E-state index contributed by atoms with van der Waals surface area (Å²) in [5.41, 5.74) is 2.84. The first kappa shape index (κ1) is 14.8. The SMILES string of the molecule is CN(C)C(CCc1cccc2ccccc12)c1ccccc1. The molecule has 3 aromatic carbocycles. The van der Waals surface area contributed by atoms with Crippen LogP contribution in [0.1, 0.15) is 23.6 Å². The summed E-state index contributed by atoms with van der Waals surface area (Å²) < 4.78 is 0. The highest BCUT2D eigenvalue weighted by Crippen LogP contribution is 2.26. The Kier molecular flexibility index (Phi) is 4.55. The fourth-order valence-corrected chi connectivity index (χ4v) is 3.20. The van der Waals surface area contributed by atoms with Gasteiger partial charge in [0.1, 0.15) is 0 Å². The van der Waals surface area contributed by atoms with E-state index < -0.39 is 0 Å². The summed E-state index contributed by atoms with van der Waals surface area (Å²) in [7, 11) is 4.33. The molecular formula is C21H23N. The van der Waals surface area contributed by atoms with E-state index in [4.69, 9.17) is 0 Å². The minimum Gasteiger partial charge on any atom is -0.302 e. The lowest BCUT2D eigenvalue weighted by molar-refractivity contribution is 0.284. The summed E-state index contributed by atoms with van der Waals surface area (Å²) >= 11 is 0. The second kappa shape index (κ2) is 6.76. The highest BCUT2D eigenvalue weighted by molar-refractivity contribution is 5.85. The lowest BCUT2D eigenvalue weighted by atomic mass is 9.95.